The summed E-state index contributed by atoms with van der Waals surface area (Å²) in [4.78, 5) is 4.54. The zero-order chi connectivity index (χ0) is 22.2. The zero-order valence-electron chi connectivity index (χ0n) is 16.8. The molecule has 0 fully saturated rings. The van der Waals surface area contributed by atoms with Crippen LogP contribution in [-0.4, -0.2) is 9.55 Å². The fourth-order valence-electron chi connectivity index (χ4n) is 3.51. The molecule has 0 radical (unpaired) electrons. The molecule has 0 spiro atoms. The molecule has 0 saturated carbocycles. The molecule has 4 aromatic rings. The van der Waals surface area contributed by atoms with Crippen molar-refractivity contribution in [2.45, 2.75) is 26.6 Å². The van der Waals surface area contributed by atoms with E-state index in [-0.39, 0.29) is 5.69 Å². The van der Waals surface area contributed by atoms with Crippen molar-refractivity contribution in [1.82, 2.24) is 9.55 Å². The maximum atomic E-state index is 13.3. The number of benzene rings is 2. The molecule has 3 nitrogen and oxygen atoms in total. The van der Waals surface area contributed by atoms with Crippen LogP contribution < -0.4 is 5.32 Å². The highest BCUT2D eigenvalue weighted by molar-refractivity contribution is 7.14. The molecule has 0 atom stereocenters. The van der Waals surface area contributed by atoms with E-state index in [4.69, 9.17) is 11.6 Å². The van der Waals surface area contributed by atoms with E-state index in [2.05, 4.69) is 14.9 Å². The van der Waals surface area contributed by atoms with Crippen molar-refractivity contribution in [3.8, 4) is 11.3 Å². The zero-order valence-corrected chi connectivity index (χ0v) is 18.4. The first kappa shape index (κ1) is 21.5. The molecule has 2 heterocycles. The number of hydrogen-bond acceptors (Lipinski definition) is 3. The molecule has 0 saturated heterocycles. The molecule has 31 heavy (non-hydrogen) atoms. The molecular formula is C23H19ClF3N3S. The first-order chi connectivity index (χ1) is 14.7. The summed E-state index contributed by atoms with van der Waals surface area (Å²) >= 11 is 7.58. The lowest BCUT2D eigenvalue weighted by atomic mass is 10.1. The van der Waals surface area contributed by atoms with Crippen LogP contribution in [0.15, 0.2) is 60.0 Å². The number of para-hydroxylation sites is 1. The Morgan fingerprint density at radius 2 is 1.77 bits per heavy atom. The summed E-state index contributed by atoms with van der Waals surface area (Å²) < 4.78 is 41.9. The van der Waals surface area contributed by atoms with Crippen molar-refractivity contribution < 1.29 is 13.2 Å². The number of alkyl halides is 3. The normalized spacial score (nSPS) is 11.7. The van der Waals surface area contributed by atoms with Crippen LogP contribution in [0.1, 0.15) is 22.5 Å². The fraction of sp³-hybridized carbons (Fsp3) is 0.174. The smallest absolute Gasteiger partial charge is 0.344 e. The molecule has 4 rings (SSSR count). The van der Waals surface area contributed by atoms with Crippen molar-refractivity contribution >= 4 is 33.8 Å². The van der Waals surface area contributed by atoms with Crippen molar-refractivity contribution in [2.24, 2.45) is 0 Å². The predicted molar refractivity (Wildman–Crippen MR) is 120 cm³/mol. The number of rotatable bonds is 5. The van der Waals surface area contributed by atoms with Gasteiger partial charge in [-0.05, 0) is 43.7 Å². The maximum Gasteiger partial charge on any atom is 0.418 e. The Labute approximate surface area is 187 Å². The van der Waals surface area contributed by atoms with Gasteiger partial charge in [0.05, 0.1) is 16.9 Å². The van der Waals surface area contributed by atoms with Gasteiger partial charge >= 0.3 is 6.18 Å². The van der Waals surface area contributed by atoms with Crippen molar-refractivity contribution in [3.05, 3.63) is 87.5 Å². The molecule has 0 aliphatic rings. The van der Waals surface area contributed by atoms with Gasteiger partial charge < -0.3 is 9.88 Å². The molecule has 0 aliphatic carbocycles. The van der Waals surface area contributed by atoms with Crippen LogP contribution >= 0.6 is 22.9 Å². The van der Waals surface area contributed by atoms with Gasteiger partial charge in [-0.15, -0.1) is 11.3 Å². The summed E-state index contributed by atoms with van der Waals surface area (Å²) in [6.07, 6.45) is -4.44. The Bertz CT molecular complexity index is 1230. The standard InChI is InChI=1S/C23H19ClF3N3S/c1-14-11-17(15(2)30(14)12-16-7-3-5-9-19(16)24)21-13-31-22(29-21)28-20-10-6-4-8-18(20)23(25,26)27/h3-11,13H,12H2,1-2H3,(H,28,29). The Hall–Kier alpha value is -2.77. The molecular weight excluding hydrogens is 443 g/mol. The SMILES string of the molecule is Cc1cc(-c2csc(Nc3ccccc3C(F)(F)F)n2)c(C)n1Cc1ccccc1Cl. The van der Waals surface area contributed by atoms with Crippen LogP contribution in [0.5, 0.6) is 0 Å². The summed E-state index contributed by atoms with van der Waals surface area (Å²) in [5.74, 6) is 0. The molecule has 2 aromatic heterocycles. The summed E-state index contributed by atoms with van der Waals surface area (Å²) in [5, 5.41) is 5.78. The third kappa shape index (κ3) is 4.48. The number of aryl methyl sites for hydroxylation is 1. The third-order valence-electron chi connectivity index (χ3n) is 5.11. The number of hydrogen-bond donors (Lipinski definition) is 1. The summed E-state index contributed by atoms with van der Waals surface area (Å²) in [5.41, 5.74) is 4.02. The van der Waals surface area contributed by atoms with Crippen LogP contribution in [0.25, 0.3) is 11.3 Å². The van der Waals surface area contributed by atoms with E-state index >= 15 is 0 Å². The Kier molecular flexibility index (Phi) is 5.81. The molecule has 0 aliphatic heterocycles. The Balaban J connectivity index is 1.62. The minimum Gasteiger partial charge on any atom is -0.344 e. The van der Waals surface area contributed by atoms with Gasteiger partial charge in [0.25, 0.3) is 0 Å². The topological polar surface area (TPSA) is 29.9 Å². The third-order valence-corrected chi connectivity index (χ3v) is 6.24. The van der Waals surface area contributed by atoms with E-state index in [9.17, 15) is 13.2 Å². The lowest BCUT2D eigenvalue weighted by Gasteiger charge is -2.12. The monoisotopic (exact) mass is 461 g/mol. The number of halogens is 4. The van der Waals surface area contributed by atoms with Crippen LogP contribution in [0.3, 0.4) is 0 Å². The minimum absolute atomic E-state index is 0.0138. The Morgan fingerprint density at radius 1 is 1.06 bits per heavy atom. The van der Waals surface area contributed by atoms with E-state index in [1.165, 1.54) is 23.5 Å². The van der Waals surface area contributed by atoms with E-state index in [0.29, 0.717) is 16.7 Å². The van der Waals surface area contributed by atoms with E-state index in [1.807, 2.05) is 49.6 Å². The second kappa shape index (κ2) is 8.40. The first-order valence-corrected chi connectivity index (χ1v) is 10.8. The summed E-state index contributed by atoms with van der Waals surface area (Å²) in [6, 6.07) is 15.1. The largest absolute Gasteiger partial charge is 0.418 e. The van der Waals surface area contributed by atoms with Crippen LogP contribution in [0.2, 0.25) is 5.02 Å². The highest BCUT2D eigenvalue weighted by atomic mass is 35.5. The van der Waals surface area contributed by atoms with E-state index < -0.39 is 11.7 Å². The van der Waals surface area contributed by atoms with Gasteiger partial charge in [-0.2, -0.15) is 13.2 Å². The summed E-state index contributed by atoms with van der Waals surface area (Å²) in [7, 11) is 0. The molecule has 8 heteroatoms. The average Bonchev–Trinajstić information content (AvgIpc) is 3.28. The van der Waals surface area contributed by atoms with Gasteiger partial charge in [0.2, 0.25) is 0 Å². The van der Waals surface area contributed by atoms with Gasteiger partial charge in [-0.3, -0.25) is 0 Å². The fourth-order valence-corrected chi connectivity index (χ4v) is 4.43. The van der Waals surface area contributed by atoms with Crippen LogP contribution in [-0.2, 0) is 12.7 Å². The minimum atomic E-state index is -4.44. The predicted octanol–water partition coefficient (Wildman–Crippen LogP) is 7.69. The average molecular weight is 462 g/mol. The van der Waals surface area contributed by atoms with Crippen LogP contribution in [0, 0.1) is 13.8 Å². The highest BCUT2D eigenvalue weighted by Gasteiger charge is 2.33. The second-order valence-electron chi connectivity index (χ2n) is 7.17. The number of thiazole rings is 1. The van der Waals surface area contributed by atoms with Gasteiger partial charge in [0.1, 0.15) is 0 Å². The summed E-state index contributed by atoms with van der Waals surface area (Å²) in [6.45, 7) is 4.65. The van der Waals surface area contributed by atoms with Gasteiger partial charge in [0, 0.05) is 33.9 Å². The first-order valence-electron chi connectivity index (χ1n) is 9.53. The van der Waals surface area contributed by atoms with Crippen molar-refractivity contribution in [3.63, 3.8) is 0 Å². The van der Waals surface area contributed by atoms with Gasteiger partial charge in [-0.1, -0.05) is 41.9 Å². The Morgan fingerprint density at radius 3 is 2.52 bits per heavy atom. The quantitative estimate of drug-likeness (QED) is 0.330. The molecule has 1 N–H and O–H groups in total. The number of anilines is 2. The highest BCUT2D eigenvalue weighted by Crippen LogP contribution is 2.37. The van der Waals surface area contributed by atoms with Gasteiger partial charge in [0.15, 0.2) is 5.13 Å². The lowest BCUT2D eigenvalue weighted by molar-refractivity contribution is -0.136. The maximum absolute atomic E-state index is 13.3. The number of nitrogens with one attached hydrogen (secondary N) is 1. The van der Waals surface area contributed by atoms with Crippen LogP contribution in [0.4, 0.5) is 24.0 Å². The van der Waals surface area contributed by atoms with Crippen molar-refractivity contribution in [1.29, 1.82) is 0 Å². The molecule has 0 amide bonds. The second-order valence-corrected chi connectivity index (χ2v) is 8.43. The van der Waals surface area contributed by atoms with Gasteiger partial charge in [-0.25, -0.2) is 4.98 Å². The van der Waals surface area contributed by atoms with E-state index in [0.717, 1.165) is 34.3 Å². The van der Waals surface area contributed by atoms with Crippen molar-refractivity contribution in [2.75, 3.05) is 5.32 Å². The molecule has 160 valence electrons. The number of aromatic nitrogens is 2. The molecule has 0 bridgehead atoms. The number of nitrogens with zero attached hydrogens (tertiary/aromatic N) is 2. The molecule has 2 aromatic carbocycles. The molecule has 0 unspecified atom stereocenters. The van der Waals surface area contributed by atoms with E-state index in [1.54, 1.807) is 6.07 Å². The lowest BCUT2D eigenvalue weighted by Crippen LogP contribution is -2.08.